The van der Waals surface area contributed by atoms with Crippen molar-refractivity contribution in [3.05, 3.63) is 24.2 Å². The maximum absolute atomic E-state index is 10.3. The van der Waals surface area contributed by atoms with Crippen molar-refractivity contribution >= 4 is 29.9 Å². The number of aliphatic hydroxyl groups is 1. The Morgan fingerprint density at radius 3 is 2.67 bits per heavy atom. The van der Waals surface area contributed by atoms with Crippen LogP contribution in [0.5, 0.6) is 0 Å². The van der Waals surface area contributed by atoms with Crippen LogP contribution in [-0.4, -0.2) is 30.7 Å². The van der Waals surface area contributed by atoms with Gasteiger partial charge in [0.15, 0.2) is 5.96 Å². The van der Waals surface area contributed by atoms with Gasteiger partial charge in [-0.15, -0.1) is 24.0 Å². The average Bonchev–Trinajstić information content (AvgIpc) is 2.90. The standard InChI is InChI=1S/C15H27N3O2.HI/c1-5-16-14(17-9-8-12(2)3)18-11-15(4,19)13-7-6-10-20-13;/h6-7,10,12,19H,5,8-9,11H2,1-4H3,(H2,16,17,18);1H. The minimum absolute atomic E-state index is 0. The van der Waals surface area contributed by atoms with Crippen molar-refractivity contribution in [3.63, 3.8) is 0 Å². The lowest BCUT2D eigenvalue weighted by Gasteiger charge is -2.19. The summed E-state index contributed by atoms with van der Waals surface area (Å²) < 4.78 is 5.24. The molecule has 0 radical (unpaired) electrons. The Kier molecular flexibility index (Phi) is 9.68. The Morgan fingerprint density at radius 1 is 1.43 bits per heavy atom. The predicted octanol–water partition coefficient (Wildman–Crippen LogP) is 2.71. The van der Waals surface area contributed by atoms with Gasteiger partial charge in [0.25, 0.3) is 0 Å². The second-order valence-corrected chi connectivity index (χ2v) is 5.56. The molecular formula is C15H28IN3O2. The first-order valence-electron chi connectivity index (χ1n) is 7.24. The molecule has 1 unspecified atom stereocenters. The predicted molar refractivity (Wildman–Crippen MR) is 97.1 cm³/mol. The lowest BCUT2D eigenvalue weighted by Crippen LogP contribution is -2.39. The molecule has 0 aliphatic rings. The smallest absolute Gasteiger partial charge is 0.191 e. The van der Waals surface area contributed by atoms with Crippen molar-refractivity contribution in [2.45, 2.75) is 39.7 Å². The molecule has 0 aromatic carbocycles. The van der Waals surface area contributed by atoms with Crippen LogP contribution in [0.15, 0.2) is 27.8 Å². The second-order valence-electron chi connectivity index (χ2n) is 5.56. The zero-order chi connectivity index (χ0) is 15.0. The maximum atomic E-state index is 10.3. The average molecular weight is 409 g/mol. The molecule has 0 aliphatic heterocycles. The zero-order valence-electron chi connectivity index (χ0n) is 13.3. The fraction of sp³-hybridized carbons (Fsp3) is 0.667. The summed E-state index contributed by atoms with van der Waals surface area (Å²) in [6.45, 7) is 10.00. The summed E-state index contributed by atoms with van der Waals surface area (Å²) in [5.74, 6) is 1.90. The molecule has 0 saturated heterocycles. The SMILES string of the molecule is CCNC(=NCC(C)(O)c1ccco1)NCCC(C)C.I. The molecule has 122 valence electrons. The third kappa shape index (κ3) is 7.71. The molecule has 1 rings (SSSR count). The fourth-order valence-electron chi connectivity index (χ4n) is 1.72. The minimum atomic E-state index is -1.09. The Labute approximate surface area is 144 Å². The molecule has 0 aliphatic carbocycles. The van der Waals surface area contributed by atoms with Crippen LogP contribution in [0.25, 0.3) is 0 Å². The van der Waals surface area contributed by atoms with E-state index in [0.29, 0.717) is 11.7 Å². The first kappa shape index (κ1) is 20.2. The van der Waals surface area contributed by atoms with Crippen molar-refractivity contribution in [1.82, 2.24) is 10.6 Å². The molecule has 1 heterocycles. The van der Waals surface area contributed by atoms with Crippen LogP contribution in [0.3, 0.4) is 0 Å². The topological polar surface area (TPSA) is 69.8 Å². The van der Waals surface area contributed by atoms with Gasteiger partial charge in [0.2, 0.25) is 0 Å². The van der Waals surface area contributed by atoms with Crippen LogP contribution < -0.4 is 10.6 Å². The first-order valence-corrected chi connectivity index (χ1v) is 7.24. The highest BCUT2D eigenvalue weighted by Crippen LogP contribution is 2.20. The number of rotatable bonds is 7. The van der Waals surface area contributed by atoms with E-state index in [-0.39, 0.29) is 30.5 Å². The number of furan rings is 1. The van der Waals surface area contributed by atoms with Crippen LogP contribution in [0.1, 0.15) is 39.9 Å². The van der Waals surface area contributed by atoms with E-state index >= 15 is 0 Å². The third-order valence-electron chi connectivity index (χ3n) is 2.96. The highest BCUT2D eigenvalue weighted by atomic mass is 127. The van der Waals surface area contributed by atoms with Crippen LogP contribution in [0.4, 0.5) is 0 Å². The molecule has 1 aromatic rings. The molecular weight excluding hydrogens is 381 g/mol. The Bertz CT molecular complexity index is 403. The zero-order valence-corrected chi connectivity index (χ0v) is 15.7. The summed E-state index contributed by atoms with van der Waals surface area (Å²) in [6.07, 6.45) is 2.64. The Balaban J connectivity index is 0.00000400. The number of nitrogens with zero attached hydrogens (tertiary/aromatic N) is 1. The van der Waals surface area contributed by atoms with Crippen LogP contribution >= 0.6 is 24.0 Å². The van der Waals surface area contributed by atoms with E-state index in [0.717, 1.165) is 25.5 Å². The number of hydrogen-bond acceptors (Lipinski definition) is 3. The molecule has 21 heavy (non-hydrogen) atoms. The van der Waals surface area contributed by atoms with Gasteiger partial charge in [0.1, 0.15) is 11.4 Å². The van der Waals surface area contributed by atoms with E-state index in [4.69, 9.17) is 4.42 Å². The summed E-state index contributed by atoms with van der Waals surface area (Å²) in [7, 11) is 0. The molecule has 3 N–H and O–H groups in total. The van der Waals surface area contributed by atoms with E-state index in [1.165, 1.54) is 0 Å². The third-order valence-corrected chi connectivity index (χ3v) is 2.96. The maximum Gasteiger partial charge on any atom is 0.191 e. The van der Waals surface area contributed by atoms with E-state index in [1.807, 2.05) is 6.92 Å². The Hall–Kier alpha value is -0.760. The largest absolute Gasteiger partial charge is 0.466 e. The van der Waals surface area contributed by atoms with Gasteiger partial charge in [0, 0.05) is 13.1 Å². The molecule has 0 fully saturated rings. The van der Waals surface area contributed by atoms with Crippen molar-refractivity contribution < 1.29 is 9.52 Å². The number of hydrogen-bond donors (Lipinski definition) is 3. The van der Waals surface area contributed by atoms with E-state index < -0.39 is 5.60 Å². The van der Waals surface area contributed by atoms with Gasteiger partial charge in [-0.25, -0.2) is 4.99 Å². The molecule has 0 spiro atoms. The van der Waals surface area contributed by atoms with E-state index in [2.05, 4.69) is 29.5 Å². The lowest BCUT2D eigenvalue weighted by atomic mass is 10.0. The van der Waals surface area contributed by atoms with Gasteiger partial charge in [0.05, 0.1) is 12.8 Å². The second kappa shape index (κ2) is 10.0. The van der Waals surface area contributed by atoms with Gasteiger partial charge < -0.3 is 20.2 Å². The fourth-order valence-corrected chi connectivity index (χ4v) is 1.72. The minimum Gasteiger partial charge on any atom is -0.466 e. The normalized spacial score (nSPS) is 14.5. The molecule has 5 nitrogen and oxygen atoms in total. The first-order chi connectivity index (χ1) is 9.45. The van der Waals surface area contributed by atoms with Crippen molar-refractivity contribution in [1.29, 1.82) is 0 Å². The van der Waals surface area contributed by atoms with Crippen LogP contribution in [0.2, 0.25) is 0 Å². The highest BCUT2D eigenvalue weighted by Gasteiger charge is 2.25. The van der Waals surface area contributed by atoms with Gasteiger partial charge in [-0.2, -0.15) is 0 Å². The summed E-state index contributed by atoms with van der Waals surface area (Å²) in [5, 5.41) is 16.8. The van der Waals surface area contributed by atoms with Gasteiger partial charge in [-0.1, -0.05) is 13.8 Å². The van der Waals surface area contributed by atoms with Crippen LogP contribution in [-0.2, 0) is 5.60 Å². The summed E-state index contributed by atoms with van der Waals surface area (Å²) in [4.78, 5) is 4.42. The number of aliphatic imine (C=N–C) groups is 1. The molecule has 0 saturated carbocycles. The Morgan fingerprint density at radius 2 is 2.14 bits per heavy atom. The highest BCUT2D eigenvalue weighted by molar-refractivity contribution is 14.0. The van der Waals surface area contributed by atoms with E-state index in [1.54, 1.807) is 25.3 Å². The van der Waals surface area contributed by atoms with Gasteiger partial charge >= 0.3 is 0 Å². The van der Waals surface area contributed by atoms with Crippen molar-refractivity contribution in [2.24, 2.45) is 10.9 Å². The molecule has 1 aromatic heterocycles. The van der Waals surface area contributed by atoms with E-state index in [9.17, 15) is 5.11 Å². The molecule has 0 bridgehead atoms. The quantitative estimate of drug-likeness (QED) is 0.368. The monoisotopic (exact) mass is 409 g/mol. The summed E-state index contributed by atoms with van der Waals surface area (Å²) in [5.41, 5.74) is -1.09. The summed E-state index contributed by atoms with van der Waals surface area (Å²) in [6, 6.07) is 3.52. The number of halogens is 1. The number of nitrogens with one attached hydrogen (secondary N) is 2. The lowest BCUT2D eigenvalue weighted by molar-refractivity contribution is 0.0437. The number of guanidine groups is 1. The molecule has 6 heteroatoms. The van der Waals surface area contributed by atoms with Crippen molar-refractivity contribution in [3.8, 4) is 0 Å². The van der Waals surface area contributed by atoms with Gasteiger partial charge in [-0.05, 0) is 38.3 Å². The summed E-state index contributed by atoms with van der Waals surface area (Å²) >= 11 is 0. The molecule has 1 atom stereocenters. The van der Waals surface area contributed by atoms with Gasteiger partial charge in [-0.3, -0.25) is 0 Å². The van der Waals surface area contributed by atoms with Crippen molar-refractivity contribution in [2.75, 3.05) is 19.6 Å². The molecule has 0 amide bonds. The van der Waals surface area contributed by atoms with Crippen LogP contribution in [0, 0.1) is 5.92 Å².